The van der Waals surface area contributed by atoms with Crippen molar-refractivity contribution in [3.05, 3.63) is 39.7 Å². The summed E-state index contributed by atoms with van der Waals surface area (Å²) < 4.78 is 0. The van der Waals surface area contributed by atoms with E-state index in [1.54, 1.807) is 0 Å². The van der Waals surface area contributed by atoms with Gasteiger partial charge < -0.3 is 5.32 Å². The smallest absolute Gasteiger partial charge is 0.0976 e. The fourth-order valence-corrected chi connectivity index (χ4v) is 5.38. The molecule has 1 aromatic carbocycles. The van der Waals surface area contributed by atoms with E-state index in [1.807, 2.05) is 11.3 Å². The van der Waals surface area contributed by atoms with Crippen molar-refractivity contribution in [3.8, 4) is 11.3 Å². The fraction of sp³-hybridized carbons (Fsp3) is 0.591. The lowest BCUT2D eigenvalue weighted by Gasteiger charge is -2.42. The van der Waals surface area contributed by atoms with E-state index in [0.29, 0.717) is 5.92 Å². The third-order valence-corrected chi connectivity index (χ3v) is 7.32. The number of nitrogens with one attached hydrogen (secondary N) is 1. The summed E-state index contributed by atoms with van der Waals surface area (Å²) >= 11 is 1.84. The maximum atomic E-state index is 5.02. The molecule has 0 bridgehead atoms. The highest BCUT2D eigenvalue weighted by molar-refractivity contribution is 7.10. The Morgan fingerprint density at radius 3 is 2.56 bits per heavy atom. The zero-order chi connectivity index (χ0) is 17.7. The minimum atomic E-state index is 0.257. The average Bonchev–Trinajstić information content (AvgIpc) is 3.10. The second-order valence-corrected chi connectivity index (χ2v) is 10.0. The molecule has 3 heteroatoms. The standard InChI is InChI=1S/C22H30N2S/c1-21(2)9-10-22(3,4)18-12-15(7-8-17(18)21)19-14-25-20(24-19)16-6-5-11-23-13-16/h7-8,12,14,16,23H,5-6,9-11,13H2,1-4H3. The zero-order valence-corrected chi connectivity index (χ0v) is 16.8. The van der Waals surface area contributed by atoms with Crippen LogP contribution in [0.5, 0.6) is 0 Å². The summed E-state index contributed by atoms with van der Waals surface area (Å²) in [6, 6.07) is 7.08. The third-order valence-electron chi connectivity index (χ3n) is 6.32. The number of hydrogen-bond acceptors (Lipinski definition) is 3. The van der Waals surface area contributed by atoms with Crippen LogP contribution in [0, 0.1) is 0 Å². The highest BCUT2D eigenvalue weighted by Crippen LogP contribution is 2.46. The minimum Gasteiger partial charge on any atom is -0.316 e. The molecule has 0 saturated carbocycles. The lowest BCUT2D eigenvalue weighted by molar-refractivity contribution is 0.332. The van der Waals surface area contributed by atoms with Crippen molar-refractivity contribution in [3.63, 3.8) is 0 Å². The first-order valence-electron chi connectivity index (χ1n) is 9.68. The lowest BCUT2D eigenvalue weighted by Crippen LogP contribution is -2.33. The fourth-order valence-electron chi connectivity index (χ4n) is 4.42. The Hall–Kier alpha value is -1.19. The number of fused-ring (bicyclic) bond motifs is 1. The highest BCUT2D eigenvalue weighted by atomic mass is 32.1. The van der Waals surface area contributed by atoms with Crippen LogP contribution in [0.2, 0.25) is 0 Å². The Balaban J connectivity index is 1.69. The number of rotatable bonds is 2. The molecule has 2 aliphatic rings. The first-order valence-corrected chi connectivity index (χ1v) is 10.6. The largest absolute Gasteiger partial charge is 0.316 e. The van der Waals surface area contributed by atoms with Gasteiger partial charge in [-0.05, 0) is 60.3 Å². The summed E-state index contributed by atoms with van der Waals surface area (Å²) in [5.41, 5.74) is 6.04. The molecule has 0 radical (unpaired) electrons. The summed E-state index contributed by atoms with van der Waals surface area (Å²) in [5, 5.41) is 7.07. The molecule has 1 fully saturated rings. The topological polar surface area (TPSA) is 24.9 Å². The van der Waals surface area contributed by atoms with Gasteiger partial charge in [0.05, 0.1) is 10.7 Å². The Morgan fingerprint density at radius 1 is 1.08 bits per heavy atom. The van der Waals surface area contributed by atoms with E-state index >= 15 is 0 Å². The Labute approximate surface area is 156 Å². The molecular weight excluding hydrogens is 324 g/mol. The van der Waals surface area contributed by atoms with Gasteiger partial charge in [0.15, 0.2) is 0 Å². The molecule has 2 aromatic rings. The molecule has 4 rings (SSSR count). The van der Waals surface area contributed by atoms with Crippen LogP contribution in [0.4, 0.5) is 0 Å². The first-order chi connectivity index (χ1) is 11.9. The van der Waals surface area contributed by atoms with Crippen molar-refractivity contribution >= 4 is 11.3 Å². The normalized spacial score (nSPS) is 24.7. The van der Waals surface area contributed by atoms with E-state index in [4.69, 9.17) is 4.98 Å². The van der Waals surface area contributed by atoms with Crippen LogP contribution < -0.4 is 5.32 Å². The van der Waals surface area contributed by atoms with Crippen molar-refractivity contribution in [2.75, 3.05) is 13.1 Å². The van der Waals surface area contributed by atoms with Gasteiger partial charge in [-0.15, -0.1) is 11.3 Å². The molecule has 0 amide bonds. The summed E-state index contributed by atoms with van der Waals surface area (Å²) in [5.74, 6) is 0.598. The molecule has 1 atom stereocenters. The number of aromatic nitrogens is 1. The van der Waals surface area contributed by atoms with Crippen LogP contribution in [-0.2, 0) is 10.8 Å². The van der Waals surface area contributed by atoms with Gasteiger partial charge in [0.1, 0.15) is 0 Å². The lowest BCUT2D eigenvalue weighted by atomic mass is 9.63. The van der Waals surface area contributed by atoms with Crippen LogP contribution in [0.25, 0.3) is 11.3 Å². The van der Waals surface area contributed by atoms with Crippen molar-refractivity contribution in [2.45, 2.75) is 70.1 Å². The summed E-state index contributed by atoms with van der Waals surface area (Å²) in [7, 11) is 0. The van der Waals surface area contributed by atoms with E-state index in [2.05, 4.69) is 56.6 Å². The van der Waals surface area contributed by atoms with Crippen LogP contribution in [-0.4, -0.2) is 18.1 Å². The van der Waals surface area contributed by atoms with Crippen molar-refractivity contribution in [1.82, 2.24) is 10.3 Å². The van der Waals surface area contributed by atoms with Crippen LogP contribution >= 0.6 is 11.3 Å². The Morgan fingerprint density at radius 2 is 1.84 bits per heavy atom. The molecule has 2 nitrogen and oxygen atoms in total. The molecule has 1 unspecified atom stereocenters. The number of hydrogen-bond donors (Lipinski definition) is 1. The molecule has 0 spiro atoms. The van der Waals surface area contributed by atoms with E-state index in [0.717, 1.165) is 18.8 Å². The van der Waals surface area contributed by atoms with Gasteiger partial charge in [0.25, 0.3) is 0 Å². The maximum Gasteiger partial charge on any atom is 0.0976 e. The molecular formula is C22H30N2S. The van der Waals surface area contributed by atoms with Gasteiger partial charge >= 0.3 is 0 Å². The number of thiazole rings is 1. The minimum absolute atomic E-state index is 0.257. The van der Waals surface area contributed by atoms with E-state index in [9.17, 15) is 0 Å². The van der Waals surface area contributed by atoms with Gasteiger partial charge in [-0.25, -0.2) is 4.98 Å². The Bertz CT molecular complexity index is 766. The summed E-state index contributed by atoms with van der Waals surface area (Å²) in [6.07, 6.45) is 5.06. The Kier molecular flexibility index (Phi) is 4.28. The average molecular weight is 355 g/mol. The van der Waals surface area contributed by atoms with E-state index in [1.165, 1.54) is 47.4 Å². The monoisotopic (exact) mass is 354 g/mol. The summed E-state index contributed by atoms with van der Waals surface area (Å²) in [6.45, 7) is 11.8. The molecule has 1 N–H and O–H groups in total. The molecule has 1 saturated heterocycles. The van der Waals surface area contributed by atoms with Crippen molar-refractivity contribution in [2.24, 2.45) is 0 Å². The van der Waals surface area contributed by atoms with Crippen LogP contribution in [0.1, 0.15) is 75.4 Å². The van der Waals surface area contributed by atoms with Gasteiger partial charge in [0, 0.05) is 23.4 Å². The quantitative estimate of drug-likeness (QED) is 0.756. The predicted molar refractivity (Wildman–Crippen MR) is 108 cm³/mol. The molecule has 134 valence electrons. The molecule has 1 aliphatic heterocycles. The highest BCUT2D eigenvalue weighted by Gasteiger charge is 2.37. The molecule has 1 aromatic heterocycles. The van der Waals surface area contributed by atoms with Gasteiger partial charge in [-0.1, -0.05) is 39.8 Å². The van der Waals surface area contributed by atoms with Crippen molar-refractivity contribution in [1.29, 1.82) is 0 Å². The van der Waals surface area contributed by atoms with Gasteiger partial charge in [-0.3, -0.25) is 0 Å². The predicted octanol–water partition coefficient (Wildman–Crippen LogP) is 5.63. The first kappa shape index (κ1) is 17.2. The second-order valence-electron chi connectivity index (χ2n) is 9.14. The summed E-state index contributed by atoms with van der Waals surface area (Å²) in [4.78, 5) is 5.02. The van der Waals surface area contributed by atoms with Gasteiger partial charge in [0.2, 0.25) is 0 Å². The molecule has 1 aliphatic carbocycles. The molecule has 2 heterocycles. The van der Waals surface area contributed by atoms with Crippen LogP contribution in [0.3, 0.4) is 0 Å². The van der Waals surface area contributed by atoms with E-state index < -0.39 is 0 Å². The van der Waals surface area contributed by atoms with Gasteiger partial charge in [-0.2, -0.15) is 0 Å². The second kappa shape index (κ2) is 6.21. The third kappa shape index (κ3) is 3.17. The number of nitrogens with zero attached hydrogens (tertiary/aromatic N) is 1. The number of piperidine rings is 1. The maximum absolute atomic E-state index is 5.02. The van der Waals surface area contributed by atoms with Crippen molar-refractivity contribution < 1.29 is 0 Å². The number of benzene rings is 1. The molecule has 25 heavy (non-hydrogen) atoms. The SMILES string of the molecule is CC1(C)CCC(C)(C)c2cc(-c3csc(C4CCCNC4)n3)ccc21. The van der Waals surface area contributed by atoms with Crippen LogP contribution in [0.15, 0.2) is 23.6 Å². The van der Waals surface area contributed by atoms with E-state index in [-0.39, 0.29) is 10.8 Å². The zero-order valence-electron chi connectivity index (χ0n) is 16.0.